The largest absolute Gasteiger partial charge is 0.476 e. The molecule has 0 radical (unpaired) electrons. The topological polar surface area (TPSA) is 141 Å². The zero-order valence-electron chi connectivity index (χ0n) is 24.2. The summed E-state index contributed by atoms with van der Waals surface area (Å²) in [5.41, 5.74) is 5.31. The van der Waals surface area contributed by atoms with Crippen LogP contribution >= 0.6 is 0 Å². The Morgan fingerprint density at radius 1 is 0.548 bits per heavy atom. The minimum Gasteiger partial charge on any atom is -0.476 e. The number of nitrogens with zero attached hydrogens (tertiary/aromatic N) is 9. The smallest absolute Gasteiger partial charge is 0.321 e. The van der Waals surface area contributed by atoms with Gasteiger partial charge < -0.3 is 34.6 Å². The van der Waals surface area contributed by atoms with Crippen LogP contribution in [0.3, 0.4) is 0 Å². The highest BCUT2D eigenvalue weighted by Gasteiger charge is 2.06. The van der Waals surface area contributed by atoms with Gasteiger partial charge in [0, 0.05) is 31.8 Å². The zero-order valence-corrected chi connectivity index (χ0v) is 24.2. The summed E-state index contributed by atoms with van der Waals surface area (Å²) in [4.78, 5) is 25.5. The van der Waals surface area contributed by atoms with Gasteiger partial charge in [0.25, 0.3) is 0 Å². The highest BCUT2D eigenvalue weighted by atomic mass is 19.2. The van der Waals surface area contributed by atoms with Crippen molar-refractivity contribution in [2.45, 2.75) is 0 Å². The molecule has 0 amide bonds. The van der Waals surface area contributed by atoms with Crippen LogP contribution in [-0.2, 0) is 0 Å². The molecule has 3 aromatic heterocycles. The lowest BCUT2D eigenvalue weighted by Gasteiger charge is -2.09. The standard InChI is InChI=1S/2C8H11F2N3O.C8H13FN4O/c1-13(2)3-4-14-7-5-6(9)11-8(10)12-7;2*1-13(2)3-4-14-8-11-6(9)5-7(10)12-8/h2*5H,3-4H2,1-2H3;5H,3-4H2,1-2H3,(H2,10,11,12). The fraction of sp³-hybridized carbons (Fsp3) is 0.500. The van der Waals surface area contributed by atoms with E-state index in [0.29, 0.717) is 38.9 Å². The molecule has 18 heteroatoms. The van der Waals surface area contributed by atoms with Crippen molar-refractivity contribution in [3.8, 4) is 17.9 Å². The van der Waals surface area contributed by atoms with Crippen molar-refractivity contribution in [1.82, 2.24) is 44.6 Å². The fourth-order valence-corrected chi connectivity index (χ4v) is 2.33. The van der Waals surface area contributed by atoms with Crippen LogP contribution in [0.25, 0.3) is 0 Å². The number of nitrogen functional groups attached to an aromatic ring is 1. The maximum atomic E-state index is 12.7. The summed E-state index contributed by atoms with van der Waals surface area (Å²) < 4.78 is 77.8. The van der Waals surface area contributed by atoms with Crippen molar-refractivity contribution >= 4 is 5.82 Å². The fourth-order valence-electron chi connectivity index (χ4n) is 2.33. The van der Waals surface area contributed by atoms with E-state index in [4.69, 9.17) is 19.9 Å². The average molecular weight is 607 g/mol. The minimum absolute atomic E-state index is 0.0237. The van der Waals surface area contributed by atoms with E-state index >= 15 is 0 Å². The first kappa shape index (κ1) is 36.0. The number of likely N-dealkylation sites (N-methyl/N-ethyl adjacent to an activating group) is 3. The molecule has 42 heavy (non-hydrogen) atoms. The lowest BCUT2D eigenvalue weighted by molar-refractivity contribution is 0.239. The molecular weight excluding hydrogens is 571 g/mol. The second-order valence-corrected chi connectivity index (χ2v) is 8.95. The third-order valence-corrected chi connectivity index (χ3v) is 4.31. The quantitative estimate of drug-likeness (QED) is 0.181. The molecule has 0 aromatic carbocycles. The van der Waals surface area contributed by atoms with E-state index in [2.05, 4.69) is 29.9 Å². The van der Waals surface area contributed by atoms with Gasteiger partial charge in [-0.1, -0.05) is 0 Å². The predicted molar refractivity (Wildman–Crippen MR) is 142 cm³/mol. The normalized spacial score (nSPS) is 10.6. The lowest BCUT2D eigenvalue weighted by atomic mass is 10.6. The van der Waals surface area contributed by atoms with Gasteiger partial charge >= 0.3 is 18.1 Å². The van der Waals surface area contributed by atoms with E-state index < -0.39 is 29.9 Å². The second-order valence-electron chi connectivity index (χ2n) is 8.95. The van der Waals surface area contributed by atoms with Gasteiger partial charge in [0.1, 0.15) is 25.6 Å². The molecule has 0 aliphatic carbocycles. The Morgan fingerprint density at radius 2 is 0.952 bits per heavy atom. The SMILES string of the molecule is CN(C)CCOc1cc(F)nc(F)n1.CN(C)CCOc1nc(F)cc(F)n1.CN(C)CCOc1nc(N)cc(F)n1. The minimum atomic E-state index is -1.12. The summed E-state index contributed by atoms with van der Waals surface area (Å²) >= 11 is 0. The van der Waals surface area contributed by atoms with Gasteiger partial charge in [-0.05, 0) is 42.3 Å². The van der Waals surface area contributed by atoms with Crippen LogP contribution in [-0.4, -0.2) is 126 Å². The molecule has 2 N–H and O–H groups in total. The van der Waals surface area contributed by atoms with Crippen molar-refractivity contribution in [2.75, 3.05) is 87.5 Å². The summed E-state index contributed by atoms with van der Waals surface area (Å²) in [6.07, 6.45) is -1.12. The van der Waals surface area contributed by atoms with Crippen LogP contribution in [0.4, 0.5) is 27.8 Å². The number of anilines is 1. The summed E-state index contributed by atoms with van der Waals surface area (Å²) in [5, 5.41) is 0. The van der Waals surface area contributed by atoms with E-state index in [-0.39, 0.29) is 30.3 Å². The lowest BCUT2D eigenvalue weighted by Crippen LogP contribution is -2.20. The van der Waals surface area contributed by atoms with E-state index in [9.17, 15) is 22.0 Å². The maximum absolute atomic E-state index is 12.7. The van der Waals surface area contributed by atoms with Gasteiger partial charge in [-0.15, -0.1) is 0 Å². The van der Waals surface area contributed by atoms with Crippen LogP contribution < -0.4 is 19.9 Å². The summed E-state index contributed by atoms with van der Waals surface area (Å²) in [6.45, 7) is 2.99. The molecule has 0 saturated carbocycles. The van der Waals surface area contributed by atoms with Crippen molar-refractivity contribution in [1.29, 1.82) is 0 Å². The number of rotatable bonds is 12. The Hall–Kier alpha value is -4.03. The van der Waals surface area contributed by atoms with Crippen LogP contribution in [0, 0.1) is 29.9 Å². The van der Waals surface area contributed by atoms with Crippen LogP contribution in [0.1, 0.15) is 0 Å². The molecule has 0 atom stereocenters. The van der Waals surface area contributed by atoms with Crippen molar-refractivity contribution in [2.24, 2.45) is 0 Å². The Bertz CT molecular complexity index is 1000. The second kappa shape index (κ2) is 19.2. The first-order chi connectivity index (χ1) is 19.7. The van der Waals surface area contributed by atoms with Gasteiger partial charge in [0.2, 0.25) is 29.7 Å². The molecule has 0 aliphatic rings. The number of hydrogen-bond donors (Lipinski definition) is 1. The van der Waals surface area contributed by atoms with Gasteiger partial charge in [-0.25, -0.2) is 0 Å². The molecule has 0 aliphatic heterocycles. The van der Waals surface area contributed by atoms with E-state index in [0.717, 1.165) is 12.1 Å². The Labute approximate surface area is 240 Å². The maximum Gasteiger partial charge on any atom is 0.321 e. The van der Waals surface area contributed by atoms with Crippen LogP contribution in [0.2, 0.25) is 0 Å². The molecule has 3 heterocycles. The zero-order chi connectivity index (χ0) is 31.7. The number of halogens is 5. The van der Waals surface area contributed by atoms with Gasteiger partial charge in [0.05, 0.1) is 6.07 Å². The first-order valence-electron chi connectivity index (χ1n) is 12.3. The van der Waals surface area contributed by atoms with Crippen LogP contribution in [0.15, 0.2) is 18.2 Å². The molecular formula is C24H35F5N10O3. The molecule has 3 aromatic rings. The van der Waals surface area contributed by atoms with E-state index in [1.165, 1.54) is 0 Å². The molecule has 0 unspecified atom stereocenters. The Balaban J connectivity index is 0.000000315. The number of ether oxygens (including phenoxy) is 3. The predicted octanol–water partition coefficient (Wildman–Crippen LogP) is 1.53. The molecule has 3 rings (SSSR count). The number of aromatic nitrogens is 6. The average Bonchev–Trinajstić information content (AvgIpc) is 2.82. The van der Waals surface area contributed by atoms with Gasteiger partial charge in [-0.3, -0.25) is 0 Å². The van der Waals surface area contributed by atoms with E-state index in [1.807, 2.05) is 57.0 Å². The third kappa shape index (κ3) is 17.6. The number of hydrogen-bond acceptors (Lipinski definition) is 13. The summed E-state index contributed by atoms with van der Waals surface area (Å²) in [6, 6.07) is 2.28. The molecule has 0 saturated heterocycles. The van der Waals surface area contributed by atoms with Gasteiger partial charge in [0.15, 0.2) is 0 Å². The Kier molecular flexibility index (Phi) is 16.4. The monoisotopic (exact) mass is 606 g/mol. The first-order valence-corrected chi connectivity index (χ1v) is 12.3. The highest BCUT2D eigenvalue weighted by Crippen LogP contribution is 2.08. The van der Waals surface area contributed by atoms with Gasteiger partial charge in [-0.2, -0.15) is 51.9 Å². The molecule has 234 valence electrons. The Morgan fingerprint density at radius 3 is 1.38 bits per heavy atom. The molecule has 0 bridgehead atoms. The summed E-state index contributed by atoms with van der Waals surface area (Å²) in [7, 11) is 11.3. The molecule has 13 nitrogen and oxygen atoms in total. The van der Waals surface area contributed by atoms with E-state index in [1.54, 1.807) is 0 Å². The third-order valence-electron chi connectivity index (χ3n) is 4.31. The van der Waals surface area contributed by atoms with Crippen molar-refractivity contribution < 1.29 is 36.2 Å². The van der Waals surface area contributed by atoms with Crippen molar-refractivity contribution in [3.05, 3.63) is 48.1 Å². The van der Waals surface area contributed by atoms with Crippen LogP contribution in [0.5, 0.6) is 17.9 Å². The molecule has 0 fully saturated rings. The molecule has 0 spiro atoms. The number of nitrogens with two attached hydrogens (primary N) is 1. The van der Waals surface area contributed by atoms with Crippen molar-refractivity contribution in [3.63, 3.8) is 0 Å². The summed E-state index contributed by atoms with van der Waals surface area (Å²) in [5.74, 6) is -3.50. The highest BCUT2D eigenvalue weighted by molar-refractivity contribution is 5.27.